The number of carbonyl (C=O) groups excluding carboxylic acids is 3. The molecule has 0 spiro atoms. The molecule has 4 N–H and O–H groups in total. The highest BCUT2D eigenvalue weighted by molar-refractivity contribution is 5.98. The highest BCUT2D eigenvalue weighted by atomic mass is 16.2. The van der Waals surface area contributed by atoms with Crippen LogP contribution in [0, 0.1) is 0 Å². The van der Waals surface area contributed by atoms with Crippen LogP contribution in [0.25, 0.3) is 0 Å². The molecule has 0 unspecified atom stereocenters. The van der Waals surface area contributed by atoms with Crippen LogP contribution in [0.5, 0.6) is 0 Å². The zero-order valence-electron chi connectivity index (χ0n) is 12.2. The molecule has 1 aliphatic rings. The zero-order chi connectivity index (χ0) is 16.2. The normalized spacial score (nSPS) is 15.3. The van der Waals surface area contributed by atoms with Crippen molar-refractivity contribution in [2.24, 2.45) is 5.73 Å². The minimum absolute atomic E-state index is 0.157. The van der Waals surface area contributed by atoms with E-state index in [-0.39, 0.29) is 18.2 Å². The van der Waals surface area contributed by atoms with E-state index < -0.39 is 11.4 Å². The van der Waals surface area contributed by atoms with Crippen LogP contribution >= 0.6 is 0 Å². The molecule has 0 atom stereocenters. The number of nitrogens with one attached hydrogen (secondary N) is 2. The first kappa shape index (κ1) is 15.8. The molecule has 1 saturated carbocycles. The molecule has 1 fully saturated rings. The van der Waals surface area contributed by atoms with Crippen molar-refractivity contribution in [3.05, 3.63) is 42.5 Å². The first-order valence-corrected chi connectivity index (χ1v) is 7.08. The Bertz CT molecular complexity index is 604. The van der Waals surface area contributed by atoms with E-state index in [1.807, 2.05) is 0 Å². The largest absolute Gasteiger partial charge is 0.368 e. The predicted molar refractivity (Wildman–Crippen MR) is 82.9 cm³/mol. The molecule has 6 heteroatoms. The number of hydrogen-bond acceptors (Lipinski definition) is 3. The summed E-state index contributed by atoms with van der Waals surface area (Å²) in [5.41, 5.74) is 5.90. The molecule has 2 rings (SSSR count). The Morgan fingerprint density at radius 1 is 1.23 bits per heavy atom. The van der Waals surface area contributed by atoms with Crippen molar-refractivity contribution >= 4 is 23.4 Å². The highest BCUT2D eigenvalue weighted by Crippen LogP contribution is 2.31. The second-order valence-electron chi connectivity index (χ2n) is 5.42. The summed E-state index contributed by atoms with van der Waals surface area (Å²) in [4.78, 5) is 34.6. The van der Waals surface area contributed by atoms with E-state index >= 15 is 0 Å². The monoisotopic (exact) mass is 301 g/mol. The summed E-state index contributed by atoms with van der Waals surface area (Å²) in [6.07, 6.45) is 3.43. The molecule has 6 nitrogen and oxygen atoms in total. The molecule has 0 bridgehead atoms. The van der Waals surface area contributed by atoms with E-state index in [0.717, 1.165) is 12.0 Å². The fourth-order valence-corrected chi connectivity index (χ4v) is 2.36. The fraction of sp³-hybridized carbons (Fsp3) is 0.312. The van der Waals surface area contributed by atoms with Crippen molar-refractivity contribution in [3.8, 4) is 0 Å². The molecule has 3 amide bonds. The molecule has 0 aromatic heterocycles. The van der Waals surface area contributed by atoms with Crippen LogP contribution < -0.4 is 16.4 Å². The standard InChI is InChI=1S/C16H19N3O3/c1-2-13(20)18-12-6-4-11(5-7-12)10-14(21)19-16(15(17)22)8-3-9-16/h2,4-7H,1,3,8-10H2,(H2,17,22)(H,18,20)(H,19,21). The van der Waals surface area contributed by atoms with E-state index in [1.54, 1.807) is 24.3 Å². The van der Waals surface area contributed by atoms with Crippen molar-refractivity contribution in [2.75, 3.05) is 5.32 Å². The number of benzene rings is 1. The van der Waals surface area contributed by atoms with Gasteiger partial charge >= 0.3 is 0 Å². The van der Waals surface area contributed by atoms with Gasteiger partial charge in [0.15, 0.2) is 0 Å². The molecule has 0 saturated heterocycles. The van der Waals surface area contributed by atoms with Crippen LogP contribution in [0.1, 0.15) is 24.8 Å². The summed E-state index contributed by atoms with van der Waals surface area (Å²) in [5.74, 6) is -1.00. The number of amides is 3. The Labute approximate surface area is 128 Å². The maximum absolute atomic E-state index is 12.0. The van der Waals surface area contributed by atoms with Crippen molar-refractivity contribution in [3.63, 3.8) is 0 Å². The van der Waals surface area contributed by atoms with Crippen LogP contribution in [-0.4, -0.2) is 23.3 Å². The van der Waals surface area contributed by atoms with Crippen LogP contribution in [0.4, 0.5) is 5.69 Å². The predicted octanol–water partition coefficient (Wildman–Crippen LogP) is 0.878. The Hall–Kier alpha value is -2.63. The van der Waals surface area contributed by atoms with Gasteiger partial charge in [-0.1, -0.05) is 18.7 Å². The second kappa shape index (κ2) is 6.43. The molecule has 0 heterocycles. The molecular formula is C16H19N3O3. The van der Waals surface area contributed by atoms with Gasteiger partial charge in [-0.25, -0.2) is 0 Å². The molecule has 1 aromatic rings. The molecule has 116 valence electrons. The number of rotatable bonds is 6. The Kier molecular flexibility index (Phi) is 4.60. The van der Waals surface area contributed by atoms with Crippen LogP contribution in [0.3, 0.4) is 0 Å². The molecule has 0 aliphatic heterocycles. The lowest BCUT2D eigenvalue weighted by atomic mass is 9.76. The minimum Gasteiger partial charge on any atom is -0.368 e. The maximum Gasteiger partial charge on any atom is 0.247 e. The second-order valence-corrected chi connectivity index (χ2v) is 5.42. The lowest BCUT2D eigenvalue weighted by Gasteiger charge is -2.39. The lowest BCUT2D eigenvalue weighted by Crippen LogP contribution is -2.61. The Balaban J connectivity index is 1.93. The number of hydrogen-bond donors (Lipinski definition) is 3. The van der Waals surface area contributed by atoms with Gasteiger partial charge in [0.1, 0.15) is 5.54 Å². The summed E-state index contributed by atoms with van der Waals surface area (Å²) in [6.45, 7) is 3.37. The molecule has 1 aromatic carbocycles. The van der Waals surface area contributed by atoms with Crippen LogP contribution in [0.2, 0.25) is 0 Å². The van der Waals surface area contributed by atoms with Crippen molar-refractivity contribution in [2.45, 2.75) is 31.2 Å². The fourth-order valence-electron chi connectivity index (χ4n) is 2.36. The average molecular weight is 301 g/mol. The van der Waals surface area contributed by atoms with E-state index in [1.165, 1.54) is 6.08 Å². The number of carbonyl (C=O) groups is 3. The van der Waals surface area contributed by atoms with Gasteiger partial charge in [0, 0.05) is 5.69 Å². The minimum atomic E-state index is -0.866. The van der Waals surface area contributed by atoms with Gasteiger partial charge in [-0.05, 0) is 43.0 Å². The van der Waals surface area contributed by atoms with Gasteiger partial charge in [0.05, 0.1) is 6.42 Å². The first-order valence-electron chi connectivity index (χ1n) is 7.08. The topological polar surface area (TPSA) is 101 Å². The van der Waals surface area contributed by atoms with Gasteiger partial charge in [-0.2, -0.15) is 0 Å². The quantitative estimate of drug-likeness (QED) is 0.680. The summed E-state index contributed by atoms with van der Waals surface area (Å²) in [6, 6.07) is 6.90. The summed E-state index contributed by atoms with van der Waals surface area (Å²) in [5, 5.41) is 5.36. The molecular weight excluding hydrogens is 282 g/mol. The Morgan fingerprint density at radius 3 is 2.32 bits per heavy atom. The summed E-state index contributed by atoms with van der Waals surface area (Å²) < 4.78 is 0. The van der Waals surface area contributed by atoms with Crippen molar-refractivity contribution in [1.29, 1.82) is 0 Å². The average Bonchev–Trinajstić information content (AvgIpc) is 2.44. The molecule has 22 heavy (non-hydrogen) atoms. The third-order valence-corrected chi connectivity index (χ3v) is 3.83. The van der Waals surface area contributed by atoms with Crippen molar-refractivity contribution in [1.82, 2.24) is 5.32 Å². The third kappa shape index (κ3) is 3.52. The van der Waals surface area contributed by atoms with E-state index in [0.29, 0.717) is 18.5 Å². The van der Waals surface area contributed by atoms with E-state index in [2.05, 4.69) is 17.2 Å². The van der Waals surface area contributed by atoms with Crippen LogP contribution in [0.15, 0.2) is 36.9 Å². The van der Waals surface area contributed by atoms with E-state index in [4.69, 9.17) is 5.73 Å². The number of primary amides is 1. The molecule has 1 aliphatic carbocycles. The SMILES string of the molecule is C=CC(=O)Nc1ccc(CC(=O)NC2(C(N)=O)CCC2)cc1. The maximum atomic E-state index is 12.0. The highest BCUT2D eigenvalue weighted by Gasteiger charge is 2.43. The Morgan fingerprint density at radius 2 is 1.86 bits per heavy atom. The number of nitrogens with two attached hydrogens (primary N) is 1. The smallest absolute Gasteiger partial charge is 0.247 e. The van der Waals surface area contributed by atoms with Gasteiger partial charge in [-0.15, -0.1) is 0 Å². The van der Waals surface area contributed by atoms with E-state index in [9.17, 15) is 14.4 Å². The summed E-state index contributed by atoms with van der Waals surface area (Å²) >= 11 is 0. The summed E-state index contributed by atoms with van der Waals surface area (Å²) in [7, 11) is 0. The number of anilines is 1. The van der Waals surface area contributed by atoms with Gasteiger partial charge in [0.25, 0.3) is 0 Å². The van der Waals surface area contributed by atoms with Crippen LogP contribution in [-0.2, 0) is 20.8 Å². The zero-order valence-corrected chi connectivity index (χ0v) is 12.2. The van der Waals surface area contributed by atoms with Gasteiger partial charge < -0.3 is 16.4 Å². The van der Waals surface area contributed by atoms with Crippen molar-refractivity contribution < 1.29 is 14.4 Å². The third-order valence-electron chi connectivity index (χ3n) is 3.83. The van der Waals surface area contributed by atoms with Gasteiger partial charge in [-0.3, -0.25) is 14.4 Å². The first-order chi connectivity index (χ1) is 10.4. The lowest BCUT2D eigenvalue weighted by molar-refractivity contribution is -0.134. The van der Waals surface area contributed by atoms with Gasteiger partial charge in [0.2, 0.25) is 17.7 Å². The molecule has 0 radical (unpaired) electrons.